The first-order valence-corrected chi connectivity index (χ1v) is 7.55. The zero-order valence-electron chi connectivity index (χ0n) is 10.8. The van der Waals surface area contributed by atoms with Crippen molar-refractivity contribution in [2.24, 2.45) is 0 Å². The summed E-state index contributed by atoms with van der Waals surface area (Å²) in [5, 5.41) is 5.14. The summed E-state index contributed by atoms with van der Waals surface area (Å²) in [6.07, 6.45) is 3.07. The van der Waals surface area contributed by atoms with Crippen LogP contribution in [0, 0.1) is 0 Å². The highest BCUT2D eigenvalue weighted by atomic mass is 32.1. The largest absolute Gasteiger partial charge is 0.350 e. The first kappa shape index (κ1) is 12.4. The molecule has 1 amide bonds. The fraction of sp³-hybridized carbons (Fsp3) is 0.312. The number of hydrogen-bond donors (Lipinski definition) is 1. The molecule has 1 N–H and O–H groups in total. The lowest BCUT2D eigenvalue weighted by Crippen LogP contribution is -2.48. The first-order chi connectivity index (χ1) is 9.31. The Morgan fingerprint density at radius 2 is 1.95 bits per heavy atom. The van der Waals surface area contributed by atoms with Gasteiger partial charge in [0.15, 0.2) is 0 Å². The molecular formula is C16H17NOS. The number of amides is 1. The van der Waals surface area contributed by atoms with E-state index in [1.54, 1.807) is 11.3 Å². The van der Waals surface area contributed by atoms with Gasteiger partial charge in [-0.25, -0.2) is 0 Å². The van der Waals surface area contributed by atoms with Crippen LogP contribution in [0.5, 0.6) is 0 Å². The van der Waals surface area contributed by atoms with Gasteiger partial charge >= 0.3 is 0 Å². The van der Waals surface area contributed by atoms with Crippen molar-refractivity contribution in [1.29, 1.82) is 0 Å². The SMILES string of the molecule is O=C(NCc1cccs1)C1(c2ccccc2)CCC1. The molecule has 2 aromatic rings. The number of rotatable bonds is 4. The van der Waals surface area contributed by atoms with Gasteiger partial charge in [0, 0.05) is 4.88 Å². The highest BCUT2D eigenvalue weighted by Crippen LogP contribution is 2.43. The van der Waals surface area contributed by atoms with Gasteiger partial charge in [0.2, 0.25) is 5.91 Å². The Morgan fingerprint density at radius 1 is 1.16 bits per heavy atom. The Labute approximate surface area is 117 Å². The number of hydrogen-bond acceptors (Lipinski definition) is 2. The number of carbonyl (C=O) groups excluding carboxylic acids is 1. The molecular weight excluding hydrogens is 254 g/mol. The molecule has 1 saturated carbocycles. The van der Waals surface area contributed by atoms with Gasteiger partial charge in [-0.15, -0.1) is 11.3 Å². The maximum atomic E-state index is 12.5. The number of nitrogens with one attached hydrogen (secondary N) is 1. The first-order valence-electron chi connectivity index (χ1n) is 6.67. The van der Waals surface area contributed by atoms with Crippen molar-refractivity contribution in [2.45, 2.75) is 31.2 Å². The Hall–Kier alpha value is -1.61. The molecule has 3 heteroatoms. The van der Waals surface area contributed by atoms with E-state index in [4.69, 9.17) is 0 Å². The van der Waals surface area contributed by atoms with Crippen LogP contribution in [0.1, 0.15) is 29.7 Å². The molecule has 1 aromatic heterocycles. The lowest BCUT2D eigenvalue weighted by molar-refractivity contribution is -0.130. The third kappa shape index (κ3) is 2.30. The second-order valence-corrected chi connectivity index (χ2v) is 6.10. The molecule has 0 unspecified atom stereocenters. The smallest absolute Gasteiger partial charge is 0.230 e. The van der Waals surface area contributed by atoms with E-state index in [0.717, 1.165) is 24.8 Å². The summed E-state index contributed by atoms with van der Waals surface area (Å²) < 4.78 is 0. The van der Waals surface area contributed by atoms with Gasteiger partial charge in [-0.3, -0.25) is 4.79 Å². The highest BCUT2D eigenvalue weighted by Gasteiger charge is 2.45. The maximum absolute atomic E-state index is 12.5. The zero-order valence-corrected chi connectivity index (χ0v) is 11.6. The summed E-state index contributed by atoms with van der Waals surface area (Å²) in [5.74, 6) is 0.179. The molecule has 0 atom stereocenters. The Balaban J connectivity index is 1.73. The van der Waals surface area contributed by atoms with Crippen molar-refractivity contribution in [1.82, 2.24) is 5.32 Å². The third-order valence-corrected chi connectivity index (χ3v) is 4.85. The summed E-state index contributed by atoms with van der Waals surface area (Å²) in [7, 11) is 0. The minimum Gasteiger partial charge on any atom is -0.350 e. The van der Waals surface area contributed by atoms with E-state index in [0.29, 0.717) is 6.54 Å². The van der Waals surface area contributed by atoms with Crippen molar-refractivity contribution in [3.05, 3.63) is 58.3 Å². The van der Waals surface area contributed by atoms with E-state index < -0.39 is 0 Å². The fourth-order valence-corrected chi connectivity index (χ4v) is 3.33. The lowest BCUT2D eigenvalue weighted by atomic mass is 9.64. The molecule has 19 heavy (non-hydrogen) atoms. The van der Waals surface area contributed by atoms with Crippen LogP contribution in [-0.2, 0) is 16.8 Å². The summed E-state index contributed by atoms with van der Waals surface area (Å²) in [4.78, 5) is 13.7. The van der Waals surface area contributed by atoms with Gasteiger partial charge < -0.3 is 5.32 Å². The monoisotopic (exact) mass is 271 g/mol. The van der Waals surface area contributed by atoms with Crippen molar-refractivity contribution < 1.29 is 4.79 Å². The summed E-state index contributed by atoms with van der Waals surface area (Å²) in [6.45, 7) is 0.644. The summed E-state index contributed by atoms with van der Waals surface area (Å²) in [6, 6.07) is 14.3. The summed E-state index contributed by atoms with van der Waals surface area (Å²) in [5.41, 5.74) is 0.878. The van der Waals surface area contributed by atoms with E-state index >= 15 is 0 Å². The predicted octanol–water partition coefficient (Wildman–Crippen LogP) is 3.49. The van der Waals surface area contributed by atoms with E-state index in [9.17, 15) is 4.79 Å². The van der Waals surface area contributed by atoms with E-state index in [-0.39, 0.29) is 11.3 Å². The summed E-state index contributed by atoms with van der Waals surface area (Å²) >= 11 is 1.68. The van der Waals surface area contributed by atoms with Crippen LogP contribution in [0.4, 0.5) is 0 Å². The Morgan fingerprint density at radius 3 is 2.53 bits per heavy atom. The van der Waals surface area contributed by atoms with Crippen LogP contribution in [0.3, 0.4) is 0 Å². The second-order valence-electron chi connectivity index (χ2n) is 5.06. The minimum absolute atomic E-state index is 0.179. The molecule has 1 fully saturated rings. The van der Waals surface area contributed by atoms with E-state index in [1.807, 2.05) is 29.6 Å². The van der Waals surface area contributed by atoms with Crippen LogP contribution >= 0.6 is 11.3 Å². The van der Waals surface area contributed by atoms with Gasteiger partial charge in [-0.2, -0.15) is 0 Å². The maximum Gasteiger partial charge on any atom is 0.230 e. The highest BCUT2D eigenvalue weighted by molar-refractivity contribution is 7.09. The predicted molar refractivity (Wildman–Crippen MR) is 78.1 cm³/mol. The fourth-order valence-electron chi connectivity index (χ4n) is 2.68. The van der Waals surface area contributed by atoms with Crippen molar-refractivity contribution in [3.63, 3.8) is 0 Å². The molecule has 0 bridgehead atoms. The van der Waals surface area contributed by atoms with Crippen LogP contribution in [-0.4, -0.2) is 5.91 Å². The third-order valence-electron chi connectivity index (χ3n) is 3.97. The topological polar surface area (TPSA) is 29.1 Å². The van der Waals surface area contributed by atoms with Gasteiger partial charge in [0.05, 0.1) is 12.0 Å². The van der Waals surface area contributed by atoms with Gasteiger partial charge in [0.25, 0.3) is 0 Å². The van der Waals surface area contributed by atoms with Crippen molar-refractivity contribution in [3.8, 4) is 0 Å². The minimum atomic E-state index is -0.279. The average Bonchev–Trinajstić information content (AvgIpc) is 2.89. The van der Waals surface area contributed by atoms with Crippen molar-refractivity contribution in [2.75, 3.05) is 0 Å². The molecule has 3 rings (SSSR count). The number of thiophene rings is 1. The molecule has 1 aromatic carbocycles. The molecule has 1 aliphatic rings. The Bertz CT molecular complexity index is 543. The van der Waals surface area contributed by atoms with E-state index in [2.05, 4.69) is 23.5 Å². The molecule has 1 heterocycles. The average molecular weight is 271 g/mol. The molecule has 2 nitrogen and oxygen atoms in total. The van der Waals surface area contributed by atoms with Gasteiger partial charge in [0.1, 0.15) is 0 Å². The van der Waals surface area contributed by atoms with Crippen molar-refractivity contribution >= 4 is 17.2 Å². The number of carbonyl (C=O) groups is 1. The zero-order chi connectivity index (χ0) is 13.1. The van der Waals surface area contributed by atoms with Gasteiger partial charge in [-0.1, -0.05) is 42.8 Å². The normalized spacial score (nSPS) is 16.6. The number of benzene rings is 1. The molecule has 1 aliphatic carbocycles. The lowest BCUT2D eigenvalue weighted by Gasteiger charge is -2.40. The van der Waals surface area contributed by atoms with E-state index in [1.165, 1.54) is 4.88 Å². The molecule has 0 radical (unpaired) electrons. The molecule has 0 spiro atoms. The van der Waals surface area contributed by atoms with Crippen LogP contribution in [0.25, 0.3) is 0 Å². The molecule has 98 valence electrons. The van der Waals surface area contributed by atoms with Gasteiger partial charge in [-0.05, 0) is 29.9 Å². The van der Waals surface area contributed by atoms with Crippen LogP contribution in [0.2, 0.25) is 0 Å². The standard InChI is InChI=1S/C16H17NOS/c18-15(17-12-14-8-4-11-19-14)16(9-5-10-16)13-6-2-1-3-7-13/h1-4,6-8,11H,5,9-10,12H2,(H,17,18). The molecule has 0 aliphatic heterocycles. The van der Waals surface area contributed by atoms with Crippen LogP contribution in [0.15, 0.2) is 47.8 Å². The molecule has 0 saturated heterocycles. The second kappa shape index (κ2) is 5.17. The Kier molecular flexibility index (Phi) is 3.38. The van der Waals surface area contributed by atoms with Crippen LogP contribution < -0.4 is 5.32 Å². The quantitative estimate of drug-likeness (QED) is 0.906.